The Kier molecular flexibility index (Phi) is 5.63. The quantitative estimate of drug-likeness (QED) is 0.911. The molecule has 0 fully saturated rings. The fourth-order valence-corrected chi connectivity index (χ4v) is 2.35. The van der Waals surface area contributed by atoms with Crippen molar-refractivity contribution in [2.24, 2.45) is 0 Å². The SMILES string of the molecule is CCc1ccccc1NC(=O)CN(C(C)=O)c1ccc(F)cc1F. The maximum absolute atomic E-state index is 13.9. The minimum Gasteiger partial charge on any atom is -0.324 e. The Morgan fingerprint density at radius 1 is 1.12 bits per heavy atom. The summed E-state index contributed by atoms with van der Waals surface area (Å²) >= 11 is 0. The first-order chi connectivity index (χ1) is 11.4. The van der Waals surface area contributed by atoms with E-state index in [9.17, 15) is 18.4 Å². The standard InChI is InChI=1S/C18H18F2N2O2/c1-3-13-6-4-5-7-16(13)21-18(24)11-22(12(2)23)17-9-8-14(19)10-15(17)20/h4-10H,3,11H2,1-2H3,(H,21,24). The maximum atomic E-state index is 13.9. The summed E-state index contributed by atoms with van der Waals surface area (Å²) in [6, 6.07) is 10.2. The van der Waals surface area contributed by atoms with Gasteiger partial charge < -0.3 is 10.2 Å². The second kappa shape index (κ2) is 7.68. The van der Waals surface area contributed by atoms with Gasteiger partial charge in [0, 0.05) is 18.7 Å². The van der Waals surface area contributed by atoms with Gasteiger partial charge in [0.1, 0.15) is 18.2 Å². The second-order valence-corrected chi connectivity index (χ2v) is 5.26. The molecule has 0 aliphatic carbocycles. The number of rotatable bonds is 5. The fourth-order valence-electron chi connectivity index (χ4n) is 2.35. The van der Waals surface area contributed by atoms with E-state index in [0.717, 1.165) is 29.0 Å². The Hall–Kier alpha value is -2.76. The highest BCUT2D eigenvalue weighted by molar-refractivity contribution is 6.02. The van der Waals surface area contributed by atoms with Crippen molar-refractivity contribution < 1.29 is 18.4 Å². The molecule has 24 heavy (non-hydrogen) atoms. The minimum atomic E-state index is -0.896. The Labute approximate surface area is 139 Å². The van der Waals surface area contributed by atoms with Gasteiger partial charge in [-0.15, -0.1) is 0 Å². The van der Waals surface area contributed by atoms with E-state index in [4.69, 9.17) is 0 Å². The van der Waals surface area contributed by atoms with Gasteiger partial charge >= 0.3 is 0 Å². The van der Waals surface area contributed by atoms with Crippen LogP contribution >= 0.6 is 0 Å². The second-order valence-electron chi connectivity index (χ2n) is 5.26. The number of amides is 2. The molecule has 0 spiro atoms. The lowest BCUT2D eigenvalue weighted by molar-refractivity contribution is -0.120. The predicted molar refractivity (Wildman–Crippen MR) is 88.8 cm³/mol. The number of hydrogen-bond donors (Lipinski definition) is 1. The zero-order chi connectivity index (χ0) is 17.7. The van der Waals surface area contributed by atoms with Crippen molar-refractivity contribution >= 4 is 23.2 Å². The molecular weight excluding hydrogens is 314 g/mol. The monoisotopic (exact) mass is 332 g/mol. The summed E-state index contributed by atoms with van der Waals surface area (Å²) < 4.78 is 26.9. The van der Waals surface area contributed by atoms with E-state index in [0.29, 0.717) is 11.8 Å². The molecule has 2 rings (SSSR count). The first kappa shape index (κ1) is 17.6. The smallest absolute Gasteiger partial charge is 0.244 e. The van der Waals surface area contributed by atoms with Gasteiger partial charge in [-0.25, -0.2) is 8.78 Å². The van der Waals surface area contributed by atoms with E-state index in [1.54, 1.807) is 12.1 Å². The van der Waals surface area contributed by atoms with Crippen LogP contribution in [0.2, 0.25) is 0 Å². The average molecular weight is 332 g/mol. The Morgan fingerprint density at radius 3 is 2.46 bits per heavy atom. The van der Waals surface area contributed by atoms with Crippen LogP contribution in [0.1, 0.15) is 19.4 Å². The number of aryl methyl sites for hydroxylation is 1. The minimum absolute atomic E-state index is 0.136. The number of anilines is 2. The van der Waals surface area contributed by atoms with Crippen LogP contribution in [0.25, 0.3) is 0 Å². The van der Waals surface area contributed by atoms with Gasteiger partial charge in [-0.2, -0.15) is 0 Å². The molecule has 2 aromatic rings. The van der Waals surface area contributed by atoms with E-state index >= 15 is 0 Å². The van der Waals surface area contributed by atoms with Crippen LogP contribution in [-0.2, 0) is 16.0 Å². The molecule has 0 atom stereocenters. The molecule has 0 radical (unpaired) electrons. The summed E-state index contributed by atoms with van der Waals surface area (Å²) in [5.41, 5.74) is 1.46. The van der Waals surface area contributed by atoms with Crippen molar-refractivity contribution in [2.45, 2.75) is 20.3 Å². The van der Waals surface area contributed by atoms with Gasteiger partial charge in [-0.05, 0) is 30.2 Å². The van der Waals surface area contributed by atoms with Crippen molar-refractivity contribution in [3.05, 3.63) is 59.7 Å². The summed E-state index contributed by atoms with van der Waals surface area (Å²) in [6.07, 6.45) is 0.736. The lowest BCUT2D eigenvalue weighted by Gasteiger charge is -2.21. The molecule has 0 aromatic heterocycles. The first-order valence-electron chi connectivity index (χ1n) is 7.53. The molecule has 4 nitrogen and oxygen atoms in total. The number of benzene rings is 2. The molecule has 2 aromatic carbocycles. The molecule has 126 valence electrons. The van der Waals surface area contributed by atoms with E-state index in [-0.39, 0.29) is 12.2 Å². The Balaban J connectivity index is 2.19. The lowest BCUT2D eigenvalue weighted by atomic mass is 10.1. The third-order valence-electron chi connectivity index (χ3n) is 3.55. The van der Waals surface area contributed by atoms with Gasteiger partial charge in [-0.1, -0.05) is 25.1 Å². The lowest BCUT2D eigenvalue weighted by Crippen LogP contribution is -2.37. The van der Waals surface area contributed by atoms with E-state index in [1.807, 2.05) is 19.1 Å². The van der Waals surface area contributed by atoms with Gasteiger partial charge in [0.05, 0.1) is 5.69 Å². The number of nitrogens with zero attached hydrogens (tertiary/aromatic N) is 1. The van der Waals surface area contributed by atoms with Gasteiger partial charge in [0.2, 0.25) is 11.8 Å². The van der Waals surface area contributed by atoms with Crippen LogP contribution < -0.4 is 10.2 Å². The molecule has 6 heteroatoms. The van der Waals surface area contributed by atoms with E-state index in [2.05, 4.69) is 5.32 Å². The summed E-state index contributed by atoms with van der Waals surface area (Å²) in [4.78, 5) is 25.0. The highest BCUT2D eigenvalue weighted by Gasteiger charge is 2.20. The third-order valence-corrected chi connectivity index (χ3v) is 3.55. The van der Waals surface area contributed by atoms with Crippen molar-refractivity contribution in [1.29, 1.82) is 0 Å². The number of para-hydroxylation sites is 1. The van der Waals surface area contributed by atoms with E-state index in [1.165, 1.54) is 6.92 Å². The first-order valence-corrected chi connectivity index (χ1v) is 7.53. The largest absolute Gasteiger partial charge is 0.324 e. The fraction of sp³-hybridized carbons (Fsp3) is 0.222. The normalized spacial score (nSPS) is 10.3. The van der Waals surface area contributed by atoms with Gasteiger partial charge in [0.25, 0.3) is 0 Å². The molecule has 2 amide bonds. The topological polar surface area (TPSA) is 49.4 Å². The summed E-state index contributed by atoms with van der Waals surface area (Å²) in [7, 11) is 0. The molecule has 0 bridgehead atoms. The number of hydrogen-bond acceptors (Lipinski definition) is 2. The molecule has 0 aliphatic rings. The van der Waals surface area contributed by atoms with E-state index < -0.39 is 23.4 Å². The number of nitrogens with one attached hydrogen (secondary N) is 1. The van der Waals surface area contributed by atoms with Crippen LogP contribution in [0.4, 0.5) is 20.2 Å². The zero-order valence-corrected chi connectivity index (χ0v) is 13.5. The van der Waals surface area contributed by atoms with Crippen LogP contribution in [0.15, 0.2) is 42.5 Å². The summed E-state index contributed by atoms with van der Waals surface area (Å²) in [5, 5.41) is 2.72. The Morgan fingerprint density at radius 2 is 1.83 bits per heavy atom. The van der Waals surface area contributed by atoms with Gasteiger partial charge in [0.15, 0.2) is 0 Å². The maximum Gasteiger partial charge on any atom is 0.244 e. The average Bonchev–Trinajstić information content (AvgIpc) is 2.53. The van der Waals surface area contributed by atoms with Crippen LogP contribution in [-0.4, -0.2) is 18.4 Å². The van der Waals surface area contributed by atoms with Crippen molar-refractivity contribution in [3.8, 4) is 0 Å². The van der Waals surface area contributed by atoms with Crippen LogP contribution in [0.5, 0.6) is 0 Å². The third kappa shape index (κ3) is 4.16. The van der Waals surface area contributed by atoms with Crippen molar-refractivity contribution in [2.75, 3.05) is 16.8 Å². The highest BCUT2D eigenvalue weighted by atomic mass is 19.1. The zero-order valence-electron chi connectivity index (χ0n) is 13.5. The molecule has 0 saturated heterocycles. The highest BCUT2D eigenvalue weighted by Crippen LogP contribution is 2.21. The molecule has 1 N–H and O–H groups in total. The number of carbonyl (C=O) groups is 2. The molecule has 0 heterocycles. The Bertz CT molecular complexity index is 762. The summed E-state index contributed by atoms with van der Waals surface area (Å²) in [6.45, 7) is 2.81. The molecule has 0 aliphatic heterocycles. The summed E-state index contributed by atoms with van der Waals surface area (Å²) in [5.74, 6) is -2.62. The predicted octanol–water partition coefficient (Wildman–Crippen LogP) is 3.52. The van der Waals surface area contributed by atoms with Crippen molar-refractivity contribution in [3.63, 3.8) is 0 Å². The number of halogens is 2. The molecule has 0 saturated carbocycles. The number of carbonyl (C=O) groups excluding carboxylic acids is 2. The molecular formula is C18H18F2N2O2. The van der Waals surface area contributed by atoms with Crippen LogP contribution in [0, 0.1) is 11.6 Å². The molecule has 0 unspecified atom stereocenters. The van der Waals surface area contributed by atoms with Crippen LogP contribution in [0.3, 0.4) is 0 Å². The van der Waals surface area contributed by atoms with Gasteiger partial charge in [-0.3, -0.25) is 9.59 Å². The van der Waals surface area contributed by atoms with Crippen molar-refractivity contribution in [1.82, 2.24) is 0 Å².